The molecule has 0 amide bonds. The summed E-state index contributed by atoms with van der Waals surface area (Å²) in [6, 6.07) is 0. The molecule has 0 aromatic heterocycles. The number of ether oxygens (including phenoxy) is 2. The highest BCUT2D eigenvalue weighted by molar-refractivity contribution is 5.87. The van der Waals surface area contributed by atoms with Gasteiger partial charge in [-0.15, -0.1) is 0 Å². The van der Waals surface area contributed by atoms with E-state index in [9.17, 15) is 9.90 Å². The third-order valence-electron chi connectivity index (χ3n) is 4.86. The number of esters is 1. The Morgan fingerprint density at radius 1 is 1.33 bits per heavy atom. The van der Waals surface area contributed by atoms with Gasteiger partial charge in [-0.1, -0.05) is 20.4 Å². The fourth-order valence-electron chi connectivity index (χ4n) is 3.54. The van der Waals surface area contributed by atoms with E-state index in [1.54, 1.807) is 14.0 Å². The Labute approximate surface area is 128 Å². The lowest BCUT2D eigenvalue weighted by molar-refractivity contribution is -0.173. The van der Waals surface area contributed by atoms with Crippen LogP contribution >= 0.6 is 0 Å². The van der Waals surface area contributed by atoms with E-state index in [2.05, 4.69) is 6.58 Å². The Morgan fingerprint density at radius 2 is 1.95 bits per heavy atom. The number of hydrogen-bond donors (Lipinski definition) is 1. The molecule has 1 saturated carbocycles. The van der Waals surface area contributed by atoms with E-state index < -0.39 is 5.60 Å². The zero-order valence-electron chi connectivity index (χ0n) is 13.9. The molecule has 21 heavy (non-hydrogen) atoms. The van der Waals surface area contributed by atoms with Crippen molar-refractivity contribution in [3.63, 3.8) is 0 Å². The van der Waals surface area contributed by atoms with E-state index >= 15 is 0 Å². The van der Waals surface area contributed by atoms with Crippen LogP contribution in [0.5, 0.6) is 0 Å². The molecule has 0 saturated heterocycles. The van der Waals surface area contributed by atoms with Crippen LogP contribution in [-0.4, -0.2) is 36.5 Å². The monoisotopic (exact) mass is 298 g/mol. The zero-order chi connectivity index (χ0) is 16.0. The summed E-state index contributed by atoms with van der Waals surface area (Å²) >= 11 is 0. The van der Waals surface area contributed by atoms with E-state index in [4.69, 9.17) is 9.47 Å². The van der Waals surface area contributed by atoms with E-state index in [1.807, 2.05) is 13.8 Å². The summed E-state index contributed by atoms with van der Waals surface area (Å²) in [6.45, 7) is 10.1. The van der Waals surface area contributed by atoms with Gasteiger partial charge in [0.05, 0.1) is 6.10 Å². The van der Waals surface area contributed by atoms with Crippen molar-refractivity contribution in [1.82, 2.24) is 0 Å². The molecule has 3 unspecified atom stereocenters. The minimum Gasteiger partial charge on any atom is -0.455 e. The molecule has 3 atom stereocenters. The van der Waals surface area contributed by atoms with Gasteiger partial charge in [0.1, 0.15) is 5.60 Å². The number of carbonyl (C=O) groups is 1. The zero-order valence-corrected chi connectivity index (χ0v) is 13.9. The molecule has 0 bridgehead atoms. The summed E-state index contributed by atoms with van der Waals surface area (Å²) in [5.41, 5.74) is -0.124. The molecule has 0 spiro atoms. The molecule has 0 aliphatic heterocycles. The van der Waals surface area contributed by atoms with E-state index in [1.165, 1.54) is 0 Å². The van der Waals surface area contributed by atoms with Gasteiger partial charge in [0.2, 0.25) is 0 Å². The first-order chi connectivity index (χ1) is 9.90. The summed E-state index contributed by atoms with van der Waals surface area (Å²) in [5.74, 6) is 0.102. The van der Waals surface area contributed by atoms with Crippen LogP contribution in [0.3, 0.4) is 0 Å². The lowest BCUT2D eigenvalue weighted by Crippen LogP contribution is -2.49. The summed E-state index contributed by atoms with van der Waals surface area (Å²) in [7, 11) is 1.70. The highest BCUT2D eigenvalue weighted by Crippen LogP contribution is 2.43. The molecule has 1 N–H and O–H groups in total. The number of aliphatic hydroxyl groups excluding tert-OH is 1. The van der Waals surface area contributed by atoms with Gasteiger partial charge in [0.15, 0.2) is 0 Å². The van der Waals surface area contributed by atoms with Gasteiger partial charge < -0.3 is 14.6 Å². The lowest BCUT2D eigenvalue weighted by atomic mass is 9.67. The van der Waals surface area contributed by atoms with Crippen LogP contribution in [0.2, 0.25) is 0 Å². The van der Waals surface area contributed by atoms with Crippen molar-refractivity contribution in [1.29, 1.82) is 0 Å². The average Bonchev–Trinajstić information content (AvgIpc) is 2.46. The Kier molecular flexibility index (Phi) is 6.88. The fraction of sp³-hybridized carbons (Fsp3) is 0.824. The first-order valence-electron chi connectivity index (χ1n) is 7.96. The minimum atomic E-state index is -0.541. The second-order valence-electron chi connectivity index (χ2n) is 6.23. The maximum Gasteiger partial charge on any atom is 0.333 e. The van der Waals surface area contributed by atoms with E-state index in [0.29, 0.717) is 24.5 Å². The third-order valence-corrected chi connectivity index (χ3v) is 4.86. The first-order valence-corrected chi connectivity index (χ1v) is 7.96. The molecule has 4 heteroatoms. The van der Waals surface area contributed by atoms with Gasteiger partial charge in [-0.25, -0.2) is 4.79 Å². The molecular weight excluding hydrogens is 268 g/mol. The Hall–Kier alpha value is -0.870. The fourth-order valence-corrected chi connectivity index (χ4v) is 3.54. The number of rotatable bonds is 7. The van der Waals surface area contributed by atoms with Gasteiger partial charge in [-0.3, -0.25) is 0 Å². The van der Waals surface area contributed by atoms with Crippen LogP contribution in [-0.2, 0) is 14.3 Å². The first kappa shape index (κ1) is 18.2. The van der Waals surface area contributed by atoms with Crippen molar-refractivity contribution in [3.8, 4) is 0 Å². The van der Waals surface area contributed by atoms with Crippen LogP contribution in [0, 0.1) is 11.8 Å². The highest BCUT2D eigenvalue weighted by Gasteiger charge is 2.46. The topological polar surface area (TPSA) is 55.8 Å². The van der Waals surface area contributed by atoms with Crippen molar-refractivity contribution in [3.05, 3.63) is 12.2 Å². The van der Waals surface area contributed by atoms with E-state index in [0.717, 1.165) is 25.7 Å². The van der Waals surface area contributed by atoms with Crippen LogP contribution in [0.25, 0.3) is 0 Å². The summed E-state index contributed by atoms with van der Waals surface area (Å²) < 4.78 is 11.2. The van der Waals surface area contributed by atoms with Crippen LogP contribution in [0.15, 0.2) is 12.2 Å². The molecule has 1 rings (SSSR count). The Balaban J connectivity index is 3.03. The summed E-state index contributed by atoms with van der Waals surface area (Å²) in [6.07, 6.45) is 3.53. The molecule has 1 fully saturated rings. The van der Waals surface area contributed by atoms with Crippen LogP contribution in [0.1, 0.15) is 52.9 Å². The molecule has 1 aliphatic carbocycles. The maximum atomic E-state index is 12.0. The van der Waals surface area contributed by atoms with Crippen molar-refractivity contribution < 1.29 is 19.4 Å². The quantitative estimate of drug-likeness (QED) is 0.579. The largest absolute Gasteiger partial charge is 0.455 e. The number of aliphatic hydroxyl groups is 1. The molecule has 0 aromatic rings. The third kappa shape index (κ3) is 4.30. The van der Waals surface area contributed by atoms with Gasteiger partial charge in [-0.2, -0.15) is 0 Å². The maximum absolute atomic E-state index is 12.0. The van der Waals surface area contributed by atoms with Gasteiger partial charge >= 0.3 is 5.97 Å². The van der Waals surface area contributed by atoms with Crippen molar-refractivity contribution in [2.45, 2.75) is 64.6 Å². The molecule has 122 valence electrons. The molecule has 0 radical (unpaired) electrons. The van der Waals surface area contributed by atoms with Gasteiger partial charge in [0.25, 0.3) is 0 Å². The van der Waals surface area contributed by atoms with E-state index in [-0.39, 0.29) is 18.0 Å². The molecule has 1 aliphatic rings. The highest BCUT2D eigenvalue weighted by atomic mass is 16.6. The normalized spacial score (nSPS) is 26.4. The summed E-state index contributed by atoms with van der Waals surface area (Å²) in [4.78, 5) is 12.0. The predicted molar refractivity (Wildman–Crippen MR) is 82.9 cm³/mol. The lowest BCUT2D eigenvalue weighted by Gasteiger charge is -2.46. The molecule has 0 heterocycles. The molecule has 0 aromatic carbocycles. The molecule has 4 nitrogen and oxygen atoms in total. The van der Waals surface area contributed by atoms with Crippen LogP contribution in [0.4, 0.5) is 0 Å². The molecular formula is C17H30O4. The summed E-state index contributed by atoms with van der Waals surface area (Å²) in [5, 5.41) is 10.1. The average molecular weight is 298 g/mol. The van der Waals surface area contributed by atoms with Crippen molar-refractivity contribution in [2.75, 3.05) is 13.7 Å². The number of hydrogen-bond acceptors (Lipinski definition) is 4. The smallest absolute Gasteiger partial charge is 0.333 e. The SMILES string of the molecule is C=C(C)C(=O)OC(CC)(CC)C1CC(O)CCC1COC. The van der Waals surface area contributed by atoms with Gasteiger partial charge in [-0.05, 0) is 44.9 Å². The van der Waals surface area contributed by atoms with Crippen molar-refractivity contribution >= 4 is 5.97 Å². The van der Waals surface area contributed by atoms with Crippen LogP contribution < -0.4 is 0 Å². The Morgan fingerprint density at radius 3 is 2.43 bits per heavy atom. The Bertz CT molecular complexity index is 360. The number of carbonyl (C=O) groups excluding carboxylic acids is 1. The van der Waals surface area contributed by atoms with Crippen molar-refractivity contribution in [2.24, 2.45) is 11.8 Å². The van der Waals surface area contributed by atoms with Gasteiger partial charge in [0, 0.05) is 25.2 Å². The second kappa shape index (κ2) is 7.95. The minimum absolute atomic E-state index is 0.125. The predicted octanol–water partition coefficient (Wildman–Crippen LogP) is 3.09. The second-order valence-corrected chi connectivity index (χ2v) is 6.23. The number of methoxy groups -OCH3 is 1. The standard InChI is InChI=1S/C17H30O4/c1-6-17(7-2,21-16(19)12(3)4)15-10-14(18)9-8-13(15)11-20-5/h13-15,18H,3,6-11H2,1-2,4-5H3.